The van der Waals surface area contributed by atoms with Gasteiger partial charge in [-0.1, -0.05) is 0 Å². The van der Waals surface area contributed by atoms with E-state index in [1.807, 2.05) is 0 Å². The second-order valence-electron chi connectivity index (χ2n) is 6.52. The second kappa shape index (κ2) is 9.99. The second-order valence-corrected chi connectivity index (χ2v) is 6.96. The number of nitrogens with one attached hydrogen (secondary N) is 1. The number of nitrogens with two attached hydrogens (primary N) is 1. The molecule has 0 aliphatic carbocycles. The van der Waals surface area contributed by atoms with Gasteiger partial charge < -0.3 is 30.2 Å². The first-order valence-electron chi connectivity index (χ1n) is 9.20. The summed E-state index contributed by atoms with van der Waals surface area (Å²) < 4.78 is 16.1. The van der Waals surface area contributed by atoms with Crippen molar-refractivity contribution in [2.45, 2.75) is 6.10 Å². The molecule has 1 saturated heterocycles. The van der Waals surface area contributed by atoms with Crippen LogP contribution in [-0.4, -0.2) is 66.4 Å². The predicted molar refractivity (Wildman–Crippen MR) is 114 cm³/mol. The van der Waals surface area contributed by atoms with Gasteiger partial charge in [0.15, 0.2) is 5.11 Å². The van der Waals surface area contributed by atoms with Gasteiger partial charge in [0.1, 0.15) is 18.5 Å². The molecule has 1 atom stereocenters. The Morgan fingerprint density at radius 1 is 1.30 bits per heavy atom. The Labute approximate surface area is 179 Å². The normalized spacial score (nSPS) is 15.9. The standard InChI is InChI=1S/C20H22N4O5S/c1-27-19(26)14-8-16(10-22-9-14)29-12-17-11-24(6-7-28-17)18(25)13-2-4-15(5-3-13)23-20(21)30/h2-5,8-10,17H,6-7,11-12H2,1H3,(H3,21,23,30). The Balaban J connectivity index is 1.56. The summed E-state index contributed by atoms with van der Waals surface area (Å²) >= 11 is 4.80. The van der Waals surface area contributed by atoms with Gasteiger partial charge in [0.25, 0.3) is 5.91 Å². The van der Waals surface area contributed by atoms with E-state index in [4.69, 9.17) is 27.4 Å². The molecule has 1 fully saturated rings. The van der Waals surface area contributed by atoms with Crippen molar-refractivity contribution in [3.8, 4) is 5.75 Å². The lowest BCUT2D eigenvalue weighted by Crippen LogP contribution is -2.47. The molecule has 0 radical (unpaired) electrons. The van der Waals surface area contributed by atoms with Crippen molar-refractivity contribution in [2.75, 3.05) is 38.7 Å². The highest BCUT2D eigenvalue weighted by molar-refractivity contribution is 7.80. The first-order chi connectivity index (χ1) is 14.5. The number of carbonyl (C=O) groups is 2. The van der Waals surface area contributed by atoms with Crippen LogP contribution in [-0.2, 0) is 9.47 Å². The summed E-state index contributed by atoms with van der Waals surface area (Å²) in [6.45, 7) is 1.49. The lowest BCUT2D eigenvalue weighted by atomic mass is 10.1. The topological polar surface area (TPSA) is 116 Å². The third kappa shape index (κ3) is 5.65. The number of pyridine rings is 1. The van der Waals surface area contributed by atoms with Gasteiger partial charge in [0.2, 0.25) is 0 Å². The van der Waals surface area contributed by atoms with Gasteiger partial charge in [-0.2, -0.15) is 0 Å². The summed E-state index contributed by atoms with van der Waals surface area (Å²) in [6, 6.07) is 8.47. The van der Waals surface area contributed by atoms with Gasteiger partial charge in [0.05, 0.1) is 32.0 Å². The summed E-state index contributed by atoms with van der Waals surface area (Å²) in [5.41, 5.74) is 7.02. The van der Waals surface area contributed by atoms with E-state index in [-0.39, 0.29) is 23.7 Å². The largest absolute Gasteiger partial charge is 0.489 e. The predicted octanol–water partition coefficient (Wildman–Crippen LogP) is 1.44. The molecule has 0 bridgehead atoms. The van der Waals surface area contributed by atoms with Crippen molar-refractivity contribution in [3.63, 3.8) is 0 Å². The first-order valence-corrected chi connectivity index (χ1v) is 9.60. The van der Waals surface area contributed by atoms with E-state index < -0.39 is 5.97 Å². The summed E-state index contributed by atoms with van der Waals surface area (Å²) in [4.78, 5) is 30.1. The molecule has 3 N–H and O–H groups in total. The molecule has 9 nitrogen and oxygen atoms in total. The van der Waals surface area contributed by atoms with Crippen LogP contribution in [0.2, 0.25) is 0 Å². The zero-order valence-corrected chi connectivity index (χ0v) is 17.2. The monoisotopic (exact) mass is 430 g/mol. The average molecular weight is 430 g/mol. The van der Waals surface area contributed by atoms with Crippen molar-refractivity contribution in [3.05, 3.63) is 53.9 Å². The quantitative estimate of drug-likeness (QED) is 0.519. The number of rotatable bonds is 6. The smallest absolute Gasteiger partial charge is 0.339 e. The maximum absolute atomic E-state index is 12.8. The number of thiocarbonyl (C=S) groups is 1. The number of hydrogen-bond donors (Lipinski definition) is 2. The van der Waals surface area contributed by atoms with Gasteiger partial charge in [0, 0.05) is 24.0 Å². The zero-order valence-electron chi connectivity index (χ0n) is 16.4. The van der Waals surface area contributed by atoms with Crippen molar-refractivity contribution in [1.29, 1.82) is 0 Å². The number of anilines is 1. The van der Waals surface area contributed by atoms with E-state index in [1.165, 1.54) is 19.5 Å². The minimum absolute atomic E-state index is 0.0977. The van der Waals surface area contributed by atoms with Gasteiger partial charge in [-0.05, 0) is 42.5 Å². The summed E-state index contributed by atoms with van der Waals surface area (Å²) in [6.07, 6.45) is 2.60. The summed E-state index contributed by atoms with van der Waals surface area (Å²) in [5.74, 6) is -0.168. The Morgan fingerprint density at radius 2 is 2.07 bits per heavy atom. The number of ether oxygens (including phenoxy) is 3. The molecule has 2 aromatic rings. The van der Waals surface area contributed by atoms with Gasteiger partial charge in [-0.15, -0.1) is 0 Å². The van der Waals surface area contributed by atoms with Crippen LogP contribution in [0.15, 0.2) is 42.7 Å². The highest BCUT2D eigenvalue weighted by Crippen LogP contribution is 2.16. The van der Waals surface area contributed by atoms with Crippen LogP contribution in [0, 0.1) is 0 Å². The molecule has 10 heteroatoms. The number of carbonyl (C=O) groups excluding carboxylic acids is 2. The third-order valence-corrected chi connectivity index (χ3v) is 4.50. The molecule has 30 heavy (non-hydrogen) atoms. The van der Waals surface area contributed by atoms with E-state index in [9.17, 15) is 9.59 Å². The minimum Gasteiger partial charge on any atom is -0.489 e. The van der Waals surface area contributed by atoms with Crippen LogP contribution in [0.3, 0.4) is 0 Å². The molecule has 158 valence electrons. The maximum Gasteiger partial charge on any atom is 0.339 e. The number of morpholine rings is 1. The number of amides is 1. The fourth-order valence-electron chi connectivity index (χ4n) is 2.94. The number of methoxy groups -OCH3 is 1. The minimum atomic E-state index is -0.492. The van der Waals surface area contributed by atoms with Gasteiger partial charge in [-0.25, -0.2) is 4.79 Å². The lowest BCUT2D eigenvalue weighted by molar-refractivity contribution is -0.0401. The van der Waals surface area contributed by atoms with Crippen molar-refractivity contribution < 1.29 is 23.8 Å². The van der Waals surface area contributed by atoms with E-state index in [0.717, 1.165) is 5.69 Å². The molecular weight excluding hydrogens is 408 g/mol. The van der Waals surface area contributed by atoms with E-state index in [1.54, 1.807) is 35.2 Å². The molecule has 1 aliphatic rings. The molecule has 0 saturated carbocycles. The molecule has 1 unspecified atom stereocenters. The van der Waals surface area contributed by atoms with Crippen LogP contribution in [0.5, 0.6) is 5.75 Å². The molecular formula is C20H22N4O5S. The Kier molecular flexibility index (Phi) is 7.15. The fourth-order valence-corrected chi connectivity index (χ4v) is 3.06. The average Bonchev–Trinajstić information content (AvgIpc) is 2.77. The molecule has 1 aliphatic heterocycles. The Hall–Kier alpha value is -3.24. The summed E-state index contributed by atoms with van der Waals surface area (Å²) in [5, 5.41) is 2.98. The van der Waals surface area contributed by atoms with E-state index in [0.29, 0.717) is 36.6 Å². The fraction of sp³-hybridized carbons (Fsp3) is 0.300. The number of benzene rings is 1. The number of nitrogens with zero attached hydrogens (tertiary/aromatic N) is 2. The molecule has 2 heterocycles. The highest BCUT2D eigenvalue weighted by Gasteiger charge is 2.25. The van der Waals surface area contributed by atoms with E-state index >= 15 is 0 Å². The molecule has 1 aromatic carbocycles. The van der Waals surface area contributed by atoms with E-state index in [2.05, 4.69) is 15.0 Å². The van der Waals surface area contributed by atoms with Crippen LogP contribution in [0.1, 0.15) is 20.7 Å². The molecule has 0 spiro atoms. The van der Waals surface area contributed by atoms with Crippen molar-refractivity contribution in [2.24, 2.45) is 5.73 Å². The SMILES string of the molecule is COC(=O)c1cncc(OCC2CN(C(=O)c3ccc(NC(N)=S)cc3)CCO2)c1. The number of hydrogen-bond acceptors (Lipinski definition) is 7. The van der Waals surface area contributed by atoms with Crippen LogP contribution in [0.4, 0.5) is 5.69 Å². The van der Waals surface area contributed by atoms with Crippen LogP contribution >= 0.6 is 12.2 Å². The molecule has 3 rings (SSSR count). The van der Waals surface area contributed by atoms with Crippen molar-refractivity contribution >= 4 is 34.9 Å². The van der Waals surface area contributed by atoms with Crippen LogP contribution < -0.4 is 15.8 Å². The van der Waals surface area contributed by atoms with Gasteiger partial charge in [-0.3, -0.25) is 9.78 Å². The third-order valence-electron chi connectivity index (χ3n) is 4.40. The van der Waals surface area contributed by atoms with Gasteiger partial charge >= 0.3 is 5.97 Å². The van der Waals surface area contributed by atoms with Crippen molar-refractivity contribution in [1.82, 2.24) is 9.88 Å². The lowest BCUT2D eigenvalue weighted by Gasteiger charge is -2.33. The highest BCUT2D eigenvalue weighted by atomic mass is 32.1. The maximum atomic E-state index is 12.8. The number of aromatic nitrogens is 1. The first kappa shape index (κ1) is 21.5. The molecule has 1 amide bonds. The van der Waals surface area contributed by atoms with Crippen LogP contribution in [0.25, 0.3) is 0 Å². The Bertz CT molecular complexity index is 922. The molecule has 1 aromatic heterocycles. The Morgan fingerprint density at radius 3 is 2.77 bits per heavy atom. The summed E-state index contributed by atoms with van der Waals surface area (Å²) in [7, 11) is 1.30. The zero-order chi connectivity index (χ0) is 21.5. The number of esters is 1.